The molecule has 6 heteroatoms. The van der Waals surface area contributed by atoms with Crippen LogP contribution < -0.4 is 5.63 Å². The van der Waals surface area contributed by atoms with Crippen LogP contribution in [0.3, 0.4) is 0 Å². The van der Waals surface area contributed by atoms with Crippen molar-refractivity contribution < 1.29 is 22.7 Å². The summed E-state index contributed by atoms with van der Waals surface area (Å²) >= 11 is 0. The second-order valence-corrected chi connectivity index (χ2v) is 5.68. The second-order valence-electron chi connectivity index (χ2n) is 5.68. The summed E-state index contributed by atoms with van der Waals surface area (Å²) in [5.41, 5.74) is 1.70. The number of hydrogen-bond donors (Lipinski definition) is 0. The summed E-state index contributed by atoms with van der Waals surface area (Å²) < 4.78 is 36.9. The van der Waals surface area contributed by atoms with Crippen LogP contribution in [-0.4, -0.2) is 5.97 Å². The van der Waals surface area contributed by atoms with Gasteiger partial charge in [-0.2, -0.15) is 0 Å². The number of hydrogen-bond acceptors (Lipinski definition) is 4. The molecule has 0 radical (unpaired) electrons. The Morgan fingerprint density at radius 2 is 1.88 bits per heavy atom. The van der Waals surface area contributed by atoms with Gasteiger partial charge in [-0.15, -0.1) is 0 Å². The van der Waals surface area contributed by atoms with Crippen molar-refractivity contribution in [2.75, 3.05) is 0 Å². The number of carbonyl (C=O) groups is 1. The lowest BCUT2D eigenvalue weighted by molar-refractivity contribution is 0.0468. The molecule has 0 N–H and O–H groups in total. The molecule has 0 unspecified atom stereocenters. The van der Waals surface area contributed by atoms with Crippen LogP contribution in [0.5, 0.6) is 0 Å². The molecule has 0 spiro atoms. The van der Waals surface area contributed by atoms with Gasteiger partial charge in [-0.25, -0.2) is 18.4 Å². The maximum Gasteiger partial charge on any atom is 0.341 e. The Kier molecular flexibility index (Phi) is 4.35. The van der Waals surface area contributed by atoms with E-state index in [4.69, 9.17) is 9.15 Å². The fourth-order valence-electron chi connectivity index (χ4n) is 2.52. The van der Waals surface area contributed by atoms with E-state index >= 15 is 0 Å². The van der Waals surface area contributed by atoms with Gasteiger partial charge in [0.05, 0.1) is 5.56 Å². The van der Waals surface area contributed by atoms with Gasteiger partial charge in [-0.3, -0.25) is 0 Å². The van der Waals surface area contributed by atoms with Crippen molar-refractivity contribution in [3.05, 3.63) is 80.7 Å². The maximum absolute atomic E-state index is 13.6. The molecule has 25 heavy (non-hydrogen) atoms. The zero-order chi connectivity index (χ0) is 18.1. The summed E-state index contributed by atoms with van der Waals surface area (Å²) in [5, 5.41) is 0.634. The number of fused-ring (bicyclic) bond motifs is 1. The predicted octanol–water partition coefficient (Wildman–Crippen LogP) is 4.05. The molecule has 0 saturated heterocycles. The monoisotopic (exact) mass is 344 g/mol. The third-order valence-corrected chi connectivity index (χ3v) is 4.03. The van der Waals surface area contributed by atoms with Gasteiger partial charge >= 0.3 is 11.6 Å². The molecule has 0 amide bonds. The molecule has 1 aromatic heterocycles. The van der Waals surface area contributed by atoms with Crippen LogP contribution in [0.15, 0.2) is 45.6 Å². The highest BCUT2D eigenvalue weighted by Crippen LogP contribution is 2.24. The summed E-state index contributed by atoms with van der Waals surface area (Å²) in [7, 11) is 0. The zero-order valence-corrected chi connectivity index (χ0v) is 13.6. The molecule has 0 saturated carbocycles. The van der Waals surface area contributed by atoms with E-state index in [9.17, 15) is 18.4 Å². The molecule has 0 aliphatic rings. The minimum Gasteiger partial charge on any atom is -0.457 e. The van der Waals surface area contributed by atoms with Crippen molar-refractivity contribution in [3.63, 3.8) is 0 Å². The molecule has 0 aliphatic heterocycles. The number of aryl methyl sites for hydroxylation is 2. The van der Waals surface area contributed by atoms with Crippen LogP contribution in [0.4, 0.5) is 8.78 Å². The molecule has 1 heterocycles. The zero-order valence-electron chi connectivity index (χ0n) is 13.6. The number of ether oxygens (including phenoxy) is 1. The Balaban J connectivity index is 1.92. The van der Waals surface area contributed by atoms with Gasteiger partial charge < -0.3 is 9.15 Å². The molecule has 0 aliphatic carbocycles. The molecule has 0 bridgehead atoms. The fraction of sp³-hybridized carbons (Fsp3) is 0.158. The Bertz CT molecular complexity index is 1040. The van der Waals surface area contributed by atoms with Gasteiger partial charge in [0.2, 0.25) is 0 Å². The average Bonchev–Trinajstić information content (AvgIpc) is 2.56. The second kappa shape index (κ2) is 6.47. The van der Waals surface area contributed by atoms with Crippen molar-refractivity contribution in [2.24, 2.45) is 0 Å². The van der Waals surface area contributed by atoms with Crippen LogP contribution in [0.25, 0.3) is 11.0 Å². The first kappa shape index (κ1) is 16.8. The van der Waals surface area contributed by atoms with E-state index in [2.05, 4.69) is 0 Å². The first-order chi connectivity index (χ1) is 11.9. The standard InChI is InChI=1S/C19H14F2O4/c1-10-3-5-14-12(7-17(22)25-18(14)11(10)2)9-24-19(23)15-6-4-13(20)8-16(15)21/h3-8H,9H2,1-2H3. The van der Waals surface area contributed by atoms with Crippen molar-refractivity contribution in [1.82, 2.24) is 0 Å². The van der Waals surface area contributed by atoms with Gasteiger partial charge in [-0.1, -0.05) is 12.1 Å². The number of rotatable bonds is 3. The largest absolute Gasteiger partial charge is 0.457 e. The molecular weight excluding hydrogens is 330 g/mol. The van der Waals surface area contributed by atoms with Gasteiger partial charge in [0.15, 0.2) is 0 Å². The fourth-order valence-corrected chi connectivity index (χ4v) is 2.52. The lowest BCUT2D eigenvalue weighted by atomic mass is 10.0. The quantitative estimate of drug-likeness (QED) is 0.531. The number of benzene rings is 2. The minimum absolute atomic E-state index is 0.236. The van der Waals surface area contributed by atoms with Crippen LogP contribution in [0.1, 0.15) is 27.0 Å². The average molecular weight is 344 g/mol. The third kappa shape index (κ3) is 3.28. The van der Waals surface area contributed by atoms with E-state index in [1.54, 1.807) is 6.07 Å². The molecular formula is C19H14F2O4. The smallest absolute Gasteiger partial charge is 0.341 e. The summed E-state index contributed by atoms with van der Waals surface area (Å²) in [6.07, 6.45) is 0. The van der Waals surface area contributed by atoms with Crippen LogP contribution in [0.2, 0.25) is 0 Å². The third-order valence-electron chi connectivity index (χ3n) is 4.03. The van der Waals surface area contributed by atoms with Gasteiger partial charge in [-0.05, 0) is 37.1 Å². The first-order valence-corrected chi connectivity index (χ1v) is 7.52. The van der Waals surface area contributed by atoms with Crippen molar-refractivity contribution >= 4 is 16.9 Å². The SMILES string of the molecule is Cc1ccc2c(COC(=O)c3ccc(F)cc3F)cc(=O)oc2c1C. The predicted molar refractivity (Wildman–Crippen MR) is 87.4 cm³/mol. The van der Waals surface area contributed by atoms with E-state index < -0.39 is 23.2 Å². The summed E-state index contributed by atoms with van der Waals surface area (Å²) in [6, 6.07) is 7.45. The van der Waals surface area contributed by atoms with E-state index in [0.717, 1.165) is 23.3 Å². The Labute approximate surface area is 141 Å². The van der Waals surface area contributed by atoms with Crippen molar-refractivity contribution in [2.45, 2.75) is 20.5 Å². The number of halogens is 2. The van der Waals surface area contributed by atoms with Crippen LogP contribution in [0, 0.1) is 25.5 Å². The Morgan fingerprint density at radius 3 is 2.60 bits per heavy atom. The van der Waals surface area contributed by atoms with E-state index in [-0.39, 0.29) is 12.2 Å². The number of carbonyl (C=O) groups excluding carboxylic acids is 1. The normalized spacial score (nSPS) is 10.9. The van der Waals surface area contributed by atoms with Crippen molar-refractivity contribution in [3.8, 4) is 0 Å². The maximum atomic E-state index is 13.6. The molecule has 2 aromatic carbocycles. The van der Waals surface area contributed by atoms with E-state index in [0.29, 0.717) is 22.6 Å². The molecule has 0 fully saturated rings. The summed E-state index contributed by atoms with van der Waals surface area (Å²) in [6.45, 7) is 3.48. The van der Waals surface area contributed by atoms with E-state index in [1.807, 2.05) is 19.9 Å². The number of esters is 1. The highest BCUT2D eigenvalue weighted by molar-refractivity contribution is 5.90. The highest BCUT2D eigenvalue weighted by atomic mass is 19.1. The topological polar surface area (TPSA) is 56.5 Å². The highest BCUT2D eigenvalue weighted by Gasteiger charge is 2.16. The van der Waals surface area contributed by atoms with Gasteiger partial charge in [0, 0.05) is 23.1 Å². The lowest BCUT2D eigenvalue weighted by Gasteiger charge is -2.10. The van der Waals surface area contributed by atoms with Crippen LogP contribution >= 0.6 is 0 Å². The lowest BCUT2D eigenvalue weighted by Crippen LogP contribution is -2.10. The molecule has 3 rings (SSSR count). The summed E-state index contributed by atoms with van der Waals surface area (Å²) in [4.78, 5) is 23.8. The molecule has 3 aromatic rings. The van der Waals surface area contributed by atoms with Crippen molar-refractivity contribution in [1.29, 1.82) is 0 Å². The first-order valence-electron chi connectivity index (χ1n) is 7.52. The molecule has 4 nitrogen and oxygen atoms in total. The Morgan fingerprint density at radius 1 is 1.12 bits per heavy atom. The van der Waals surface area contributed by atoms with Gasteiger partial charge in [0.1, 0.15) is 23.8 Å². The Hall–Kier alpha value is -3.02. The molecule has 0 atom stereocenters. The summed E-state index contributed by atoms with van der Waals surface area (Å²) in [5.74, 6) is -2.73. The minimum atomic E-state index is -1.01. The van der Waals surface area contributed by atoms with E-state index in [1.165, 1.54) is 6.07 Å². The van der Waals surface area contributed by atoms with Gasteiger partial charge in [0.25, 0.3) is 0 Å². The van der Waals surface area contributed by atoms with Crippen LogP contribution in [-0.2, 0) is 11.3 Å². The molecule has 128 valence electrons.